The Balaban J connectivity index is 2.65. The Kier molecular flexibility index (Phi) is 6.26. The van der Waals surface area contributed by atoms with Crippen LogP contribution < -0.4 is 4.74 Å². The summed E-state index contributed by atoms with van der Waals surface area (Å²) in [5, 5.41) is 8.90. The Morgan fingerprint density at radius 1 is 1.29 bits per heavy atom. The van der Waals surface area contributed by atoms with Gasteiger partial charge in [0, 0.05) is 18.9 Å². The highest BCUT2D eigenvalue weighted by Crippen LogP contribution is 2.41. The van der Waals surface area contributed by atoms with Crippen LogP contribution in [0.3, 0.4) is 0 Å². The van der Waals surface area contributed by atoms with Crippen molar-refractivity contribution in [1.82, 2.24) is 9.29 Å². The molecule has 1 aromatic heterocycles. The normalized spacial score (nSPS) is 13.2. The monoisotopic (exact) mass is 417 g/mol. The summed E-state index contributed by atoms with van der Waals surface area (Å²) in [5.74, 6) is -1.34. The molecular weight excluding hydrogens is 402 g/mol. The van der Waals surface area contributed by atoms with Crippen LogP contribution >= 0.6 is 0 Å². The van der Waals surface area contributed by atoms with Crippen LogP contribution in [0, 0.1) is 17.1 Å². The first kappa shape index (κ1) is 21.6. The summed E-state index contributed by atoms with van der Waals surface area (Å²) in [6, 6.07) is 2.44. The minimum atomic E-state index is -5.01. The molecule has 2 aromatic rings. The zero-order chi connectivity index (χ0) is 21.1. The molecule has 1 atom stereocenters. The predicted molar refractivity (Wildman–Crippen MR) is 90.3 cm³/mol. The number of rotatable bonds is 6. The number of pyridine rings is 1. The van der Waals surface area contributed by atoms with E-state index in [9.17, 15) is 26.0 Å². The second-order valence-corrected chi connectivity index (χ2v) is 7.46. The van der Waals surface area contributed by atoms with Crippen molar-refractivity contribution < 1.29 is 30.7 Å². The molecule has 150 valence electrons. The molecule has 0 spiro atoms. The zero-order valence-electron chi connectivity index (χ0n) is 14.7. The first-order valence-electron chi connectivity index (χ1n) is 7.83. The van der Waals surface area contributed by atoms with Crippen molar-refractivity contribution >= 4 is 10.0 Å². The number of hydrogen-bond acceptors (Lipinski definition) is 5. The summed E-state index contributed by atoms with van der Waals surface area (Å²) in [5.41, 5.74) is -0.635. The summed E-state index contributed by atoms with van der Waals surface area (Å²) >= 11 is 0. The van der Waals surface area contributed by atoms with Gasteiger partial charge in [-0.3, -0.25) is 4.98 Å². The molecule has 0 amide bonds. The minimum absolute atomic E-state index is 0.121. The van der Waals surface area contributed by atoms with Gasteiger partial charge in [-0.25, -0.2) is 12.8 Å². The Morgan fingerprint density at radius 3 is 2.50 bits per heavy atom. The lowest BCUT2D eigenvalue weighted by Crippen LogP contribution is -2.42. The maximum absolute atomic E-state index is 13.9. The molecule has 0 saturated carbocycles. The highest BCUT2D eigenvalue weighted by Gasteiger charge is 2.49. The maximum Gasteiger partial charge on any atom is 0.409 e. The number of halogens is 4. The van der Waals surface area contributed by atoms with Gasteiger partial charge in [0.1, 0.15) is 17.0 Å². The smallest absolute Gasteiger partial charge is 0.409 e. The highest BCUT2D eigenvalue weighted by molar-refractivity contribution is 7.89. The fourth-order valence-electron chi connectivity index (χ4n) is 2.61. The number of benzene rings is 1. The van der Waals surface area contributed by atoms with Gasteiger partial charge in [0.05, 0.1) is 12.7 Å². The minimum Gasteiger partial charge on any atom is -0.494 e. The molecule has 11 heteroatoms. The van der Waals surface area contributed by atoms with E-state index in [1.54, 1.807) is 6.07 Å². The summed E-state index contributed by atoms with van der Waals surface area (Å²) < 4.78 is 85.9. The lowest BCUT2D eigenvalue weighted by Gasteiger charge is -2.32. The third-order valence-electron chi connectivity index (χ3n) is 3.85. The SMILES string of the molecule is CCN(C(c1ccc(F)c(OC)c1)C(F)(F)F)S(=O)(=O)c1cncc(C#N)c1. The van der Waals surface area contributed by atoms with Crippen molar-refractivity contribution in [3.05, 3.63) is 53.6 Å². The molecule has 0 saturated heterocycles. The third kappa shape index (κ3) is 4.23. The highest BCUT2D eigenvalue weighted by atomic mass is 32.2. The average molecular weight is 417 g/mol. The number of nitriles is 1. The van der Waals surface area contributed by atoms with E-state index in [0.717, 1.165) is 43.8 Å². The van der Waals surface area contributed by atoms with Gasteiger partial charge in [-0.15, -0.1) is 0 Å². The van der Waals surface area contributed by atoms with Crippen LogP contribution in [0.2, 0.25) is 0 Å². The van der Waals surface area contributed by atoms with Crippen LogP contribution in [0.15, 0.2) is 41.6 Å². The van der Waals surface area contributed by atoms with Gasteiger partial charge in [0.2, 0.25) is 10.0 Å². The molecule has 0 aliphatic rings. The first-order valence-corrected chi connectivity index (χ1v) is 9.27. The number of aromatic nitrogens is 1. The van der Waals surface area contributed by atoms with E-state index < -0.39 is 50.8 Å². The topological polar surface area (TPSA) is 83.3 Å². The molecule has 28 heavy (non-hydrogen) atoms. The number of methoxy groups -OCH3 is 1. The van der Waals surface area contributed by atoms with Gasteiger partial charge in [-0.1, -0.05) is 13.0 Å². The van der Waals surface area contributed by atoms with Crippen LogP contribution in [0.5, 0.6) is 5.75 Å². The van der Waals surface area contributed by atoms with Gasteiger partial charge in [0.25, 0.3) is 0 Å². The van der Waals surface area contributed by atoms with E-state index in [1.807, 2.05) is 0 Å². The first-order chi connectivity index (χ1) is 13.1. The van der Waals surface area contributed by atoms with E-state index in [1.165, 1.54) is 6.92 Å². The van der Waals surface area contributed by atoms with E-state index in [0.29, 0.717) is 0 Å². The maximum atomic E-state index is 13.9. The molecule has 1 unspecified atom stereocenters. The molecular formula is C17H15F4N3O3S. The Labute approximate surface area is 159 Å². The molecule has 1 heterocycles. The van der Waals surface area contributed by atoms with Crippen molar-refractivity contribution in [2.75, 3.05) is 13.7 Å². The molecule has 0 bridgehead atoms. The van der Waals surface area contributed by atoms with Gasteiger partial charge in [0.15, 0.2) is 11.6 Å². The Hall–Kier alpha value is -2.71. The molecule has 2 rings (SSSR count). The lowest BCUT2D eigenvalue weighted by molar-refractivity contribution is -0.173. The lowest BCUT2D eigenvalue weighted by atomic mass is 10.1. The summed E-state index contributed by atoms with van der Waals surface area (Å²) in [6.07, 6.45) is -3.06. The predicted octanol–water partition coefficient (Wildman–Crippen LogP) is 3.42. The third-order valence-corrected chi connectivity index (χ3v) is 5.75. The van der Waals surface area contributed by atoms with Crippen molar-refractivity contribution in [3.8, 4) is 11.8 Å². The zero-order valence-corrected chi connectivity index (χ0v) is 15.6. The second kappa shape index (κ2) is 8.12. The van der Waals surface area contributed by atoms with Crippen molar-refractivity contribution in [3.63, 3.8) is 0 Å². The van der Waals surface area contributed by atoms with E-state index in [-0.39, 0.29) is 9.87 Å². The molecule has 6 nitrogen and oxygen atoms in total. The van der Waals surface area contributed by atoms with E-state index in [4.69, 9.17) is 10.00 Å². The molecule has 0 N–H and O–H groups in total. The standard InChI is InChI=1S/C17H15F4N3O3S/c1-3-24(28(25,26)13-6-11(8-22)9-23-10-13)16(17(19,20)21)12-4-5-14(18)15(7-12)27-2/h4-7,9-10,16H,3H2,1-2H3. The van der Waals surface area contributed by atoms with Crippen molar-refractivity contribution in [2.45, 2.75) is 24.0 Å². The van der Waals surface area contributed by atoms with E-state index in [2.05, 4.69) is 4.98 Å². The molecule has 0 fully saturated rings. The molecule has 0 aliphatic carbocycles. The van der Waals surface area contributed by atoms with Gasteiger partial charge in [-0.05, 0) is 23.8 Å². The quantitative estimate of drug-likeness (QED) is 0.673. The summed E-state index contributed by atoms with van der Waals surface area (Å²) in [7, 11) is -3.60. The number of alkyl halides is 3. The number of sulfonamides is 1. The largest absolute Gasteiger partial charge is 0.494 e. The fraction of sp³-hybridized carbons (Fsp3) is 0.294. The van der Waals surface area contributed by atoms with Gasteiger partial charge >= 0.3 is 6.18 Å². The van der Waals surface area contributed by atoms with Crippen LogP contribution in [-0.2, 0) is 10.0 Å². The van der Waals surface area contributed by atoms with Crippen molar-refractivity contribution in [2.24, 2.45) is 0 Å². The van der Waals surface area contributed by atoms with Gasteiger partial charge in [-0.2, -0.15) is 22.7 Å². The molecule has 0 radical (unpaired) electrons. The molecule has 0 aliphatic heterocycles. The number of hydrogen-bond donors (Lipinski definition) is 0. The van der Waals surface area contributed by atoms with Gasteiger partial charge < -0.3 is 4.74 Å². The Bertz CT molecular complexity index is 1000. The van der Waals surface area contributed by atoms with Crippen molar-refractivity contribution in [1.29, 1.82) is 5.26 Å². The Morgan fingerprint density at radius 2 is 1.96 bits per heavy atom. The second-order valence-electron chi connectivity index (χ2n) is 5.57. The summed E-state index contributed by atoms with van der Waals surface area (Å²) in [4.78, 5) is 3.03. The fourth-order valence-corrected chi connectivity index (χ4v) is 4.21. The van der Waals surface area contributed by atoms with Crippen LogP contribution in [0.25, 0.3) is 0 Å². The molecule has 1 aromatic carbocycles. The summed E-state index contributed by atoms with van der Waals surface area (Å²) in [6.45, 7) is 0.696. The average Bonchev–Trinajstić information content (AvgIpc) is 2.65. The van der Waals surface area contributed by atoms with Crippen LogP contribution in [-0.4, -0.2) is 37.5 Å². The number of nitrogens with zero attached hydrogens (tertiary/aromatic N) is 3. The number of ether oxygens (including phenoxy) is 1. The van der Waals surface area contributed by atoms with Crippen LogP contribution in [0.1, 0.15) is 24.1 Å². The van der Waals surface area contributed by atoms with E-state index >= 15 is 0 Å². The van der Waals surface area contributed by atoms with Crippen LogP contribution in [0.4, 0.5) is 17.6 Å².